The van der Waals surface area contributed by atoms with Crippen LogP contribution in [0.15, 0.2) is 53.4 Å². The molecule has 1 aliphatic heterocycles. The summed E-state index contributed by atoms with van der Waals surface area (Å²) < 4.78 is 23.7. The Morgan fingerprint density at radius 3 is 2.56 bits per heavy atom. The molecular weight excluding hydrogens is 362 g/mol. The number of nitrogens with zero attached hydrogens (tertiary/aromatic N) is 3. The van der Waals surface area contributed by atoms with Crippen molar-refractivity contribution in [3.63, 3.8) is 0 Å². The predicted octanol–water partition coefficient (Wildman–Crippen LogP) is 2.44. The van der Waals surface area contributed by atoms with Gasteiger partial charge in [-0.05, 0) is 37.1 Å². The monoisotopic (exact) mass is 383 g/mol. The number of hydrogen-bond acceptors (Lipinski definition) is 6. The summed E-state index contributed by atoms with van der Waals surface area (Å²) in [5.41, 5.74) is 1.31. The second-order valence-electron chi connectivity index (χ2n) is 7.13. The number of aryl methyl sites for hydroxylation is 1. The van der Waals surface area contributed by atoms with E-state index >= 15 is 0 Å². The van der Waals surface area contributed by atoms with Gasteiger partial charge in [0.1, 0.15) is 5.60 Å². The first-order valence-corrected chi connectivity index (χ1v) is 10.7. The molecule has 0 aliphatic carbocycles. The van der Waals surface area contributed by atoms with Crippen LogP contribution in [0.4, 0.5) is 5.95 Å². The Kier molecular flexibility index (Phi) is 4.16. The van der Waals surface area contributed by atoms with Gasteiger partial charge in [0, 0.05) is 18.2 Å². The third kappa shape index (κ3) is 3.28. The van der Waals surface area contributed by atoms with Gasteiger partial charge >= 0.3 is 0 Å². The molecule has 7 heteroatoms. The number of benzene rings is 2. The van der Waals surface area contributed by atoms with Gasteiger partial charge in [0.2, 0.25) is 5.95 Å². The highest BCUT2D eigenvalue weighted by Crippen LogP contribution is 2.34. The van der Waals surface area contributed by atoms with E-state index in [1.165, 1.54) is 6.26 Å². The molecule has 140 valence electrons. The first-order valence-electron chi connectivity index (χ1n) is 8.78. The highest BCUT2D eigenvalue weighted by molar-refractivity contribution is 7.90. The Morgan fingerprint density at radius 2 is 1.85 bits per heavy atom. The van der Waals surface area contributed by atoms with Crippen LogP contribution < -0.4 is 4.90 Å². The molecular formula is C20H21N3O3S. The average Bonchev–Trinajstić information content (AvgIpc) is 3.05. The van der Waals surface area contributed by atoms with E-state index in [1.54, 1.807) is 18.2 Å². The molecule has 27 heavy (non-hydrogen) atoms. The first-order chi connectivity index (χ1) is 12.8. The summed E-state index contributed by atoms with van der Waals surface area (Å²) in [6.45, 7) is 2.91. The molecule has 0 saturated carbocycles. The number of β-amino-alcohol motifs (C(OH)–C–C–N with tert-alkyl or cyclic N) is 1. The van der Waals surface area contributed by atoms with Gasteiger partial charge in [-0.3, -0.25) is 0 Å². The van der Waals surface area contributed by atoms with Crippen LogP contribution in [0.5, 0.6) is 0 Å². The van der Waals surface area contributed by atoms with E-state index in [4.69, 9.17) is 0 Å². The van der Waals surface area contributed by atoms with Crippen molar-refractivity contribution in [2.24, 2.45) is 0 Å². The van der Waals surface area contributed by atoms with Gasteiger partial charge in [-0.25, -0.2) is 18.4 Å². The van der Waals surface area contributed by atoms with Crippen molar-refractivity contribution in [1.29, 1.82) is 0 Å². The Labute approximate surface area is 158 Å². The minimum absolute atomic E-state index is 0.237. The predicted molar refractivity (Wildman–Crippen MR) is 105 cm³/mol. The lowest BCUT2D eigenvalue weighted by Gasteiger charge is -2.24. The number of fused-ring (bicyclic) bond motifs is 1. The SMILES string of the molecule is Cc1nc(N2CC[C@@](O)(c3ccccc3)C2)nc2cc(S(C)(=O)=O)ccc12. The molecule has 1 aliphatic rings. The summed E-state index contributed by atoms with van der Waals surface area (Å²) in [5.74, 6) is 0.512. The molecule has 2 aromatic carbocycles. The zero-order chi connectivity index (χ0) is 19.2. The topological polar surface area (TPSA) is 83.4 Å². The van der Waals surface area contributed by atoms with Crippen LogP contribution in [0, 0.1) is 6.92 Å². The van der Waals surface area contributed by atoms with Crippen LogP contribution >= 0.6 is 0 Å². The maximum atomic E-state index is 11.9. The molecule has 1 saturated heterocycles. The van der Waals surface area contributed by atoms with E-state index in [0.717, 1.165) is 16.6 Å². The van der Waals surface area contributed by atoms with Crippen molar-refractivity contribution in [3.8, 4) is 0 Å². The fourth-order valence-corrected chi connectivity index (χ4v) is 4.21. The Morgan fingerprint density at radius 1 is 1.11 bits per heavy atom. The highest BCUT2D eigenvalue weighted by atomic mass is 32.2. The molecule has 0 spiro atoms. The van der Waals surface area contributed by atoms with E-state index in [0.29, 0.717) is 31.0 Å². The van der Waals surface area contributed by atoms with E-state index in [-0.39, 0.29) is 4.90 Å². The molecule has 0 amide bonds. The molecule has 0 bridgehead atoms. The number of anilines is 1. The summed E-state index contributed by atoms with van der Waals surface area (Å²) in [5, 5.41) is 11.9. The van der Waals surface area contributed by atoms with Crippen molar-refractivity contribution in [1.82, 2.24) is 9.97 Å². The van der Waals surface area contributed by atoms with E-state index in [9.17, 15) is 13.5 Å². The van der Waals surface area contributed by atoms with Gasteiger partial charge in [-0.15, -0.1) is 0 Å². The smallest absolute Gasteiger partial charge is 0.226 e. The summed E-state index contributed by atoms with van der Waals surface area (Å²) >= 11 is 0. The highest BCUT2D eigenvalue weighted by Gasteiger charge is 2.38. The lowest BCUT2D eigenvalue weighted by atomic mass is 9.93. The van der Waals surface area contributed by atoms with Crippen molar-refractivity contribution >= 4 is 26.7 Å². The van der Waals surface area contributed by atoms with E-state index in [1.807, 2.05) is 42.2 Å². The Balaban J connectivity index is 1.72. The van der Waals surface area contributed by atoms with Gasteiger partial charge in [-0.1, -0.05) is 30.3 Å². The quantitative estimate of drug-likeness (QED) is 0.748. The molecule has 1 atom stereocenters. The third-order valence-corrected chi connectivity index (χ3v) is 6.23. The Bertz CT molecular complexity index is 1120. The third-order valence-electron chi connectivity index (χ3n) is 5.12. The molecule has 0 unspecified atom stereocenters. The average molecular weight is 383 g/mol. The largest absolute Gasteiger partial charge is 0.383 e. The minimum atomic E-state index is -3.31. The first kappa shape index (κ1) is 17.9. The minimum Gasteiger partial charge on any atom is -0.383 e. The fraction of sp³-hybridized carbons (Fsp3) is 0.300. The van der Waals surface area contributed by atoms with Gasteiger partial charge < -0.3 is 10.0 Å². The number of sulfone groups is 1. The van der Waals surface area contributed by atoms with Gasteiger partial charge in [0.25, 0.3) is 0 Å². The normalized spacial score (nSPS) is 20.3. The molecule has 4 rings (SSSR count). The van der Waals surface area contributed by atoms with Gasteiger partial charge in [0.15, 0.2) is 9.84 Å². The number of aliphatic hydroxyl groups is 1. The molecule has 1 fully saturated rings. The zero-order valence-corrected chi connectivity index (χ0v) is 16.1. The van der Waals surface area contributed by atoms with Crippen LogP contribution in [0.2, 0.25) is 0 Å². The van der Waals surface area contributed by atoms with Crippen molar-refractivity contribution < 1.29 is 13.5 Å². The van der Waals surface area contributed by atoms with Crippen molar-refractivity contribution in [2.75, 3.05) is 24.2 Å². The molecule has 1 aromatic heterocycles. The van der Waals surface area contributed by atoms with Crippen molar-refractivity contribution in [2.45, 2.75) is 23.8 Å². The second kappa shape index (κ2) is 6.28. The molecule has 6 nitrogen and oxygen atoms in total. The fourth-order valence-electron chi connectivity index (χ4n) is 3.57. The Hall–Kier alpha value is -2.51. The van der Waals surface area contributed by atoms with Crippen LogP contribution in [0.25, 0.3) is 10.9 Å². The van der Waals surface area contributed by atoms with Crippen LogP contribution in [0.3, 0.4) is 0 Å². The molecule has 0 radical (unpaired) electrons. The van der Waals surface area contributed by atoms with Crippen LogP contribution in [0.1, 0.15) is 17.7 Å². The lowest BCUT2D eigenvalue weighted by molar-refractivity contribution is 0.0606. The molecule has 1 N–H and O–H groups in total. The summed E-state index contributed by atoms with van der Waals surface area (Å²) in [4.78, 5) is 11.4. The van der Waals surface area contributed by atoms with Crippen LogP contribution in [-0.2, 0) is 15.4 Å². The summed E-state index contributed by atoms with van der Waals surface area (Å²) in [7, 11) is -3.31. The maximum absolute atomic E-state index is 11.9. The molecule has 2 heterocycles. The lowest BCUT2D eigenvalue weighted by Crippen LogP contribution is -2.31. The van der Waals surface area contributed by atoms with Crippen molar-refractivity contribution in [3.05, 3.63) is 59.8 Å². The van der Waals surface area contributed by atoms with E-state index < -0.39 is 15.4 Å². The summed E-state index contributed by atoms with van der Waals surface area (Å²) in [6, 6.07) is 14.5. The standard InChI is InChI=1S/C20H21N3O3S/c1-14-17-9-8-16(27(2,25)26)12-18(17)22-19(21-14)23-11-10-20(24,13-23)15-6-4-3-5-7-15/h3-9,12,24H,10-11,13H2,1-2H3/t20-/m0/s1. The zero-order valence-electron chi connectivity index (χ0n) is 15.3. The number of aromatic nitrogens is 2. The number of hydrogen-bond donors (Lipinski definition) is 1. The second-order valence-corrected chi connectivity index (χ2v) is 9.15. The summed E-state index contributed by atoms with van der Waals surface area (Å²) in [6.07, 6.45) is 1.77. The van der Waals surface area contributed by atoms with Gasteiger partial charge in [-0.2, -0.15) is 0 Å². The molecule has 3 aromatic rings. The number of rotatable bonds is 3. The van der Waals surface area contributed by atoms with Crippen LogP contribution in [-0.4, -0.2) is 42.8 Å². The van der Waals surface area contributed by atoms with Gasteiger partial charge in [0.05, 0.1) is 22.7 Å². The van der Waals surface area contributed by atoms with E-state index in [2.05, 4.69) is 9.97 Å². The maximum Gasteiger partial charge on any atom is 0.226 e.